The van der Waals surface area contributed by atoms with Crippen molar-refractivity contribution in [3.63, 3.8) is 0 Å². The number of hydrogen-bond acceptors (Lipinski definition) is 5. The van der Waals surface area contributed by atoms with Gasteiger partial charge >= 0.3 is 0 Å². The van der Waals surface area contributed by atoms with Crippen LogP contribution in [0.15, 0.2) is 0 Å². The summed E-state index contributed by atoms with van der Waals surface area (Å²) >= 11 is 2.07. The SMILES string of the molecule is CCCc1nc(N)c(C)c(N2CCSC(CC)C2)n1. The van der Waals surface area contributed by atoms with Gasteiger partial charge in [0, 0.05) is 36.1 Å². The van der Waals surface area contributed by atoms with Gasteiger partial charge in [0.25, 0.3) is 0 Å². The smallest absolute Gasteiger partial charge is 0.137 e. The molecular formula is C14H24N4S. The molecule has 2 N–H and O–H groups in total. The molecule has 2 rings (SSSR count). The van der Waals surface area contributed by atoms with E-state index in [2.05, 4.69) is 35.5 Å². The van der Waals surface area contributed by atoms with Crippen molar-refractivity contribution in [1.82, 2.24) is 9.97 Å². The highest BCUT2D eigenvalue weighted by molar-refractivity contribution is 8.00. The van der Waals surface area contributed by atoms with E-state index >= 15 is 0 Å². The fraction of sp³-hybridized carbons (Fsp3) is 0.714. The second kappa shape index (κ2) is 6.46. The van der Waals surface area contributed by atoms with Crippen LogP contribution in [0.3, 0.4) is 0 Å². The Hall–Kier alpha value is -0.970. The molecule has 1 aromatic heterocycles. The fourth-order valence-corrected chi connectivity index (χ4v) is 3.55. The van der Waals surface area contributed by atoms with Gasteiger partial charge in [-0.1, -0.05) is 13.8 Å². The number of nitrogens with two attached hydrogens (primary N) is 1. The van der Waals surface area contributed by atoms with Crippen molar-refractivity contribution in [2.75, 3.05) is 29.5 Å². The first-order valence-corrected chi connectivity index (χ1v) is 8.20. The maximum Gasteiger partial charge on any atom is 0.137 e. The monoisotopic (exact) mass is 280 g/mol. The lowest BCUT2D eigenvalue weighted by molar-refractivity contribution is 0.710. The largest absolute Gasteiger partial charge is 0.383 e. The zero-order chi connectivity index (χ0) is 13.8. The molecule has 0 spiro atoms. The topological polar surface area (TPSA) is 55.0 Å². The summed E-state index contributed by atoms with van der Waals surface area (Å²) in [5.41, 5.74) is 7.07. The van der Waals surface area contributed by atoms with E-state index < -0.39 is 0 Å². The van der Waals surface area contributed by atoms with E-state index in [0.29, 0.717) is 11.1 Å². The molecule has 0 saturated carbocycles. The molecule has 1 aromatic rings. The third kappa shape index (κ3) is 3.32. The van der Waals surface area contributed by atoms with Crippen molar-refractivity contribution in [1.29, 1.82) is 0 Å². The van der Waals surface area contributed by atoms with Crippen LogP contribution in [0, 0.1) is 6.92 Å². The van der Waals surface area contributed by atoms with E-state index in [-0.39, 0.29) is 0 Å². The Balaban J connectivity index is 2.26. The zero-order valence-corrected chi connectivity index (χ0v) is 13.0. The molecule has 0 aromatic carbocycles. The van der Waals surface area contributed by atoms with E-state index in [1.54, 1.807) is 0 Å². The molecule has 1 aliphatic rings. The Kier molecular flexibility index (Phi) is 4.91. The number of nitrogen functional groups attached to an aromatic ring is 1. The summed E-state index contributed by atoms with van der Waals surface area (Å²) in [5.74, 6) is 3.74. The van der Waals surface area contributed by atoms with E-state index in [1.165, 1.54) is 12.2 Å². The Morgan fingerprint density at radius 1 is 1.37 bits per heavy atom. The number of rotatable bonds is 4. The second-order valence-electron chi connectivity index (χ2n) is 5.07. The number of hydrogen-bond donors (Lipinski definition) is 1. The van der Waals surface area contributed by atoms with Crippen LogP contribution in [0.25, 0.3) is 0 Å². The highest BCUT2D eigenvalue weighted by Crippen LogP contribution is 2.28. The fourth-order valence-electron chi connectivity index (χ4n) is 2.37. The first-order valence-electron chi connectivity index (χ1n) is 7.15. The third-order valence-corrected chi connectivity index (χ3v) is 4.94. The standard InChI is InChI=1S/C14H24N4S/c1-4-6-12-16-13(15)10(3)14(17-12)18-7-8-19-11(5-2)9-18/h11H,4-9H2,1-3H3,(H2,15,16,17). The average molecular weight is 280 g/mol. The van der Waals surface area contributed by atoms with Gasteiger partial charge in [0.1, 0.15) is 17.5 Å². The quantitative estimate of drug-likeness (QED) is 0.919. The lowest BCUT2D eigenvalue weighted by Crippen LogP contribution is -2.38. The zero-order valence-electron chi connectivity index (χ0n) is 12.1. The average Bonchev–Trinajstić information content (AvgIpc) is 2.43. The molecule has 106 valence electrons. The Labute approximate surface area is 120 Å². The van der Waals surface area contributed by atoms with Crippen molar-refractivity contribution in [2.24, 2.45) is 0 Å². The van der Waals surface area contributed by atoms with Crippen LogP contribution >= 0.6 is 11.8 Å². The molecular weight excluding hydrogens is 256 g/mol. The molecule has 5 heteroatoms. The Morgan fingerprint density at radius 2 is 2.16 bits per heavy atom. The van der Waals surface area contributed by atoms with Crippen molar-refractivity contribution in [2.45, 2.75) is 45.3 Å². The van der Waals surface area contributed by atoms with Gasteiger partial charge in [0.05, 0.1) is 0 Å². The molecule has 1 aliphatic heterocycles. The van der Waals surface area contributed by atoms with Gasteiger partial charge < -0.3 is 10.6 Å². The maximum absolute atomic E-state index is 6.04. The molecule has 19 heavy (non-hydrogen) atoms. The Morgan fingerprint density at radius 3 is 2.84 bits per heavy atom. The van der Waals surface area contributed by atoms with Crippen LogP contribution in [-0.2, 0) is 6.42 Å². The van der Waals surface area contributed by atoms with Gasteiger partial charge in [-0.05, 0) is 19.8 Å². The van der Waals surface area contributed by atoms with Gasteiger partial charge in [-0.15, -0.1) is 0 Å². The van der Waals surface area contributed by atoms with E-state index in [4.69, 9.17) is 10.7 Å². The molecule has 1 unspecified atom stereocenters. The van der Waals surface area contributed by atoms with Crippen LogP contribution in [-0.4, -0.2) is 34.1 Å². The van der Waals surface area contributed by atoms with Crippen LogP contribution < -0.4 is 10.6 Å². The van der Waals surface area contributed by atoms with Crippen LogP contribution in [0.5, 0.6) is 0 Å². The highest BCUT2D eigenvalue weighted by atomic mass is 32.2. The molecule has 0 bridgehead atoms. The second-order valence-corrected chi connectivity index (χ2v) is 6.48. The van der Waals surface area contributed by atoms with Gasteiger partial charge in [0.2, 0.25) is 0 Å². The number of aromatic nitrogens is 2. The van der Waals surface area contributed by atoms with Gasteiger partial charge in [0.15, 0.2) is 0 Å². The van der Waals surface area contributed by atoms with Gasteiger partial charge in [-0.3, -0.25) is 0 Å². The molecule has 1 fully saturated rings. The van der Waals surface area contributed by atoms with Crippen LogP contribution in [0.2, 0.25) is 0 Å². The molecule has 1 atom stereocenters. The van der Waals surface area contributed by atoms with E-state index in [1.807, 2.05) is 6.92 Å². The molecule has 4 nitrogen and oxygen atoms in total. The highest BCUT2D eigenvalue weighted by Gasteiger charge is 2.22. The lowest BCUT2D eigenvalue weighted by Gasteiger charge is -2.34. The van der Waals surface area contributed by atoms with E-state index in [9.17, 15) is 0 Å². The summed E-state index contributed by atoms with van der Waals surface area (Å²) in [4.78, 5) is 11.5. The summed E-state index contributed by atoms with van der Waals surface area (Å²) in [5, 5.41) is 0.707. The van der Waals surface area contributed by atoms with E-state index in [0.717, 1.165) is 43.1 Å². The normalized spacial score (nSPS) is 19.7. The predicted molar refractivity (Wildman–Crippen MR) is 83.9 cm³/mol. The molecule has 0 radical (unpaired) electrons. The minimum Gasteiger partial charge on any atom is -0.383 e. The van der Waals surface area contributed by atoms with Crippen molar-refractivity contribution in [3.8, 4) is 0 Å². The van der Waals surface area contributed by atoms with Crippen molar-refractivity contribution < 1.29 is 0 Å². The summed E-state index contributed by atoms with van der Waals surface area (Å²) in [7, 11) is 0. The van der Waals surface area contributed by atoms with Gasteiger partial charge in [-0.2, -0.15) is 11.8 Å². The number of aryl methyl sites for hydroxylation is 1. The minimum atomic E-state index is 0.639. The molecule has 1 saturated heterocycles. The van der Waals surface area contributed by atoms with Crippen LogP contribution in [0.4, 0.5) is 11.6 Å². The summed E-state index contributed by atoms with van der Waals surface area (Å²) in [6.45, 7) is 8.56. The first kappa shape index (κ1) is 14.4. The summed E-state index contributed by atoms with van der Waals surface area (Å²) < 4.78 is 0. The predicted octanol–water partition coefficient (Wildman–Crippen LogP) is 2.65. The molecule has 0 amide bonds. The van der Waals surface area contributed by atoms with Crippen molar-refractivity contribution in [3.05, 3.63) is 11.4 Å². The number of nitrogens with zero attached hydrogens (tertiary/aromatic N) is 3. The number of thioether (sulfide) groups is 1. The molecule has 2 heterocycles. The first-order chi connectivity index (χ1) is 9.15. The molecule has 0 aliphatic carbocycles. The summed E-state index contributed by atoms with van der Waals surface area (Å²) in [6, 6.07) is 0. The lowest BCUT2D eigenvalue weighted by atomic mass is 10.2. The van der Waals surface area contributed by atoms with Crippen LogP contribution in [0.1, 0.15) is 38.1 Å². The summed E-state index contributed by atoms with van der Waals surface area (Å²) in [6.07, 6.45) is 3.16. The number of anilines is 2. The third-order valence-electron chi connectivity index (χ3n) is 3.57. The van der Waals surface area contributed by atoms with Crippen molar-refractivity contribution >= 4 is 23.4 Å². The Bertz CT molecular complexity index is 436. The van der Waals surface area contributed by atoms with Gasteiger partial charge in [-0.25, -0.2) is 9.97 Å². The maximum atomic E-state index is 6.04. The minimum absolute atomic E-state index is 0.639.